The molecule has 0 amide bonds. The van der Waals surface area contributed by atoms with Gasteiger partial charge < -0.3 is 20.1 Å². The van der Waals surface area contributed by atoms with Gasteiger partial charge in [-0.25, -0.2) is 4.57 Å². The molecule has 2 atom stereocenters. The summed E-state index contributed by atoms with van der Waals surface area (Å²) < 4.78 is 33.1. The summed E-state index contributed by atoms with van der Waals surface area (Å²) in [5.74, 6) is -0.343. The van der Waals surface area contributed by atoms with Gasteiger partial charge in [-0.2, -0.15) is 0 Å². The Hall–Kier alpha value is -1.28. The maximum atomic E-state index is 12.4. The highest BCUT2D eigenvalue weighted by Gasteiger charge is 2.25. The van der Waals surface area contributed by atoms with Gasteiger partial charge in [-0.3, -0.25) is 13.8 Å². The number of unbranched alkanes of at least 4 members (excludes halogenated alkanes) is 13. The van der Waals surface area contributed by atoms with Crippen LogP contribution in [0.2, 0.25) is 0 Å². The van der Waals surface area contributed by atoms with E-state index >= 15 is 0 Å². The topological polar surface area (TPSA) is 117 Å². The Bertz CT molecular complexity index is 757. The van der Waals surface area contributed by atoms with Gasteiger partial charge in [-0.1, -0.05) is 121 Å². The molecule has 0 spiro atoms. The SMILES string of the molecule is CC/C=C\C/C=C\C/C=C\CCCCCCOCC(COP(=O)(O)OCCN)OC(=O)CCCCCCCCCCCC. The number of allylic oxidation sites excluding steroid dienone is 6. The number of carbonyl (C=O) groups is 1. The van der Waals surface area contributed by atoms with Crippen LogP contribution in [0.3, 0.4) is 0 Å². The summed E-state index contributed by atoms with van der Waals surface area (Å²) >= 11 is 0. The first-order chi connectivity index (χ1) is 20.9. The monoisotopic (exact) mass is 629 g/mol. The second-order valence-corrected chi connectivity index (χ2v) is 12.5. The van der Waals surface area contributed by atoms with Crippen LogP contribution in [0.25, 0.3) is 0 Å². The van der Waals surface area contributed by atoms with Crippen LogP contribution in [-0.4, -0.2) is 49.9 Å². The van der Waals surface area contributed by atoms with Crippen LogP contribution in [0.1, 0.15) is 136 Å². The maximum Gasteiger partial charge on any atom is 0.472 e. The molecule has 0 bridgehead atoms. The molecule has 0 aromatic rings. The Morgan fingerprint density at radius 1 is 0.721 bits per heavy atom. The molecule has 0 heterocycles. The molecule has 0 saturated heterocycles. The first kappa shape index (κ1) is 41.7. The van der Waals surface area contributed by atoms with E-state index < -0.39 is 13.9 Å². The number of carbonyl (C=O) groups excluding carboxylic acids is 1. The molecule has 252 valence electrons. The lowest BCUT2D eigenvalue weighted by Gasteiger charge is -2.20. The van der Waals surface area contributed by atoms with Gasteiger partial charge in [-0.05, 0) is 44.9 Å². The van der Waals surface area contributed by atoms with Gasteiger partial charge in [0.2, 0.25) is 0 Å². The third-order valence-corrected chi connectivity index (χ3v) is 7.81. The van der Waals surface area contributed by atoms with E-state index in [0.29, 0.717) is 13.0 Å². The number of hydrogen-bond donors (Lipinski definition) is 2. The minimum absolute atomic E-state index is 0.0964. The second-order valence-electron chi connectivity index (χ2n) is 11.0. The molecule has 3 N–H and O–H groups in total. The van der Waals surface area contributed by atoms with Crippen LogP contribution in [0.15, 0.2) is 36.5 Å². The van der Waals surface area contributed by atoms with E-state index in [-0.39, 0.29) is 32.3 Å². The number of nitrogens with two attached hydrogens (primary N) is 1. The van der Waals surface area contributed by atoms with E-state index in [1.807, 2.05) is 0 Å². The van der Waals surface area contributed by atoms with Gasteiger partial charge in [0.1, 0.15) is 6.10 Å². The van der Waals surface area contributed by atoms with E-state index in [1.54, 1.807) is 0 Å². The van der Waals surface area contributed by atoms with Crippen molar-refractivity contribution < 1.29 is 32.8 Å². The number of ether oxygens (including phenoxy) is 2. The van der Waals surface area contributed by atoms with E-state index in [1.165, 1.54) is 44.9 Å². The quantitative estimate of drug-likeness (QED) is 0.0327. The van der Waals surface area contributed by atoms with Gasteiger partial charge in [0.05, 0.1) is 19.8 Å². The molecule has 8 nitrogen and oxygen atoms in total. The van der Waals surface area contributed by atoms with Crippen LogP contribution in [0.4, 0.5) is 0 Å². The largest absolute Gasteiger partial charge is 0.472 e. The van der Waals surface area contributed by atoms with Gasteiger partial charge >= 0.3 is 13.8 Å². The Labute approximate surface area is 263 Å². The molecule has 0 fully saturated rings. The Balaban J connectivity index is 4.18. The van der Waals surface area contributed by atoms with Crippen molar-refractivity contribution in [3.63, 3.8) is 0 Å². The molecular weight excluding hydrogens is 565 g/mol. The van der Waals surface area contributed by atoms with Crippen molar-refractivity contribution in [1.29, 1.82) is 0 Å². The zero-order chi connectivity index (χ0) is 31.7. The van der Waals surface area contributed by atoms with Gasteiger partial charge in [-0.15, -0.1) is 0 Å². The normalized spacial score (nSPS) is 14.2. The van der Waals surface area contributed by atoms with Crippen LogP contribution in [0, 0.1) is 0 Å². The molecule has 0 radical (unpaired) electrons. The van der Waals surface area contributed by atoms with Crippen molar-refractivity contribution in [1.82, 2.24) is 0 Å². The van der Waals surface area contributed by atoms with Crippen molar-refractivity contribution >= 4 is 13.8 Å². The maximum absolute atomic E-state index is 12.4. The van der Waals surface area contributed by atoms with Gasteiger partial charge in [0, 0.05) is 19.6 Å². The first-order valence-electron chi connectivity index (χ1n) is 17.0. The van der Waals surface area contributed by atoms with E-state index in [2.05, 4.69) is 50.3 Å². The third-order valence-electron chi connectivity index (χ3n) is 6.82. The average Bonchev–Trinajstić information content (AvgIpc) is 2.99. The summed E-state index contributed by atoms with van der Waals surface area (Å²) in [6, 6.07) is 0. The highest BCUT2D eigenvalue weighted by molar-refractivity contribution is 7.47. The Kier molecular flexibility index (Phi) is 31.2. The molecule has 2 unspecified atom stereocenters. The summed E-state index contributed by atoms with van der Waals surface area (Å²) in [4.78, 5) is 22.2. The molecule has 0 saturated carbocycles. The van der Waals surface area contributed by atoms with Gasteiger partial charge in [0.15, 0.2) is 0 Å². The van der Waals surface area contributed by atoms with Crippen LogP contribution >= 0.6 is 7.82 Å². The van der Waals surface area contributed by atoms with E-state index in [9.17, 15) is 14.3 Å². The minimum atomic E-state index is -4.27. The van der Waals surface area contributed by atoms with Crippen molar-refractivity contribution in [3.8, 4) is 0 Å². The van der Waals surface area contributed by atoms with Crippen molar-refractivity contribution in [2.75, 3.05) is 33.0 Å². The van der Waals surface area contributed by atoms with E-state index in [0.717, 1.165) is 70.6 Å². The standard InChI is InChI=1S/C34H64NO7P/c1-3-5-7-9-11-13-15-16-17-18-20-22-24-26-29-39-31-33(32-41-43(37,38)40-30-28-35)42-34(36)27-25-23-21-19-14-12-10-8-6-4-2/h5,7,11,13,16-17,33H,3-4,6,8-10,12,14-15,18-32,35H2,1-2H3,(H,37,38)/b7-5-,13-11-,17-16-. The fraction of sp³-hybridized carbons (Fsp3) is 0.794. The molecule has 9 heteroatoms. The Morgan fingerprint density at radius 2 is 1.30 bits per heavy atom. The van der Waals surface area contributed by atoms with Gasteiger partial charge in [0.25, 0.3) is 0 Å². The highest BCUT2D eigenvalue weighted by atomic mass is 31.2. The lowest BCUT2D eigenvalue weighted by molar-refractivity contribution is -0.154. The molecule has 0 rings (SSSR count). The summed E-state index contributed by atoms with van der Waals surface area (Å²) in [7, 11) is -4.27. The average molecular weight is 630 g/mol. The van der Waals surface area contributed by atoms with Crippen LogP contribution < -0.4 is 5.73 Å². The molecule has 0 aliphatic heterocycles. The molecule has 0 aromatic carbocycles. The number of rotatable bonds is 32. The second kappa shape index (κ2) is 32.1. The smallest absolute Gasteiger partial charge is 0.457 e. The molecule has 0 aromatic heterocycles. The van der Waals surface area contributed by atoms with Crippen molar-refractivity contribution in [3.05, 3.63) is 36.5 Å². The summed E-state index contributed by atoms with van der Waals surface area (Å²) in [6.45, 7) is 4.72. The summed E-state index contributed by atoms with van der Waals surface area (Å²) in [5.41, 5.74) is 5.33. The molecule has 0 aliphatic rings. The zero-order valence-electron chi connectivity index (χ0n) is 27.4. The third kappa shape index (κ3) is 31.9. The number of phosphoric acid groups is 1. The molecule has 43 heavy (non-hydrogen) atoms. The lowest BCUT2D eigenvalue weighted by atomic mass is 10.1. The lowest BCUT2D eigenvalue weighted by Crippen LogP contribution is -2.28. The summed E-state index contributed by atoms with van der Waals surface area (Å²) in [5, 5.41) is 0. The zero-order valence-corrected chi connectivity index (χ0v) is 28.3. The minimum Gasteiger partial charge on any atom is -0.457 e. The number of esters is 1. The van der Waals surface area contributed by atoms with E-state index in [4.69, 9.17) is 24.3 Å². The highest BCUT2D eigenvalue weighted by Crippen LogP contribution is 2.43. The molecular formula is C34H64NO7P. The van der Waals surface area contributed by atoms with Crippen LogP contribution in [0.5, 0.6) is 0 Å². The Morgan fingerprint density at radius 3 is 1.95 bits per heavy atom. The molecule has 0 aliphatic carbocycles. The summed E-state index contributed by atoms with van der Waals surface area (Å²) in [6.07, 6.45) is 33.0. The first-order valence-corrected chi connectivity index (χ1v) is 18.5. The number of phosphoric ester groups is 1. The van der Waals surface area contributed by atoms with Crippen molar-refractivity contribution in [2.24, 2.45) is 5.73 Å². The fourth-order valence-electron chi connectivity index (χ4n) is 4.36. The fourth-order valence-corrected chi connectivity index (χ4v) is 5.13. The van der Waals surface area contributed by atoms with Crippen molar-refractivity contribution in [2.45, 2.75) is 142 Å². The van der Waals surface area contributed by atoms with Crippen LogP contribution in [-0.2, 0) is 27.9 Å². The number of hydrogen-bond acceptors (Lipinski definition) is 7. The predicted molar refractivity (Wildman–Crippen MR) is 178 cm³/mol. The predicted octanol–water partition coefficient (Wildman–Crippen LogP) is 9.13.